The third-order valence-electron chi connectivity index (χ3n) is 3.91. The van der Waals surface area contributed by atoms with Gasteiger partial charge in [0.25, 0.3) is 0 Å². The second kappa shape index (κ2) is 9.47. The first kappa shape index (κ1) is 22.3. The Morgan fingerprint density at radius 1 is 1.00 bits per heavy atom. The molecule has 1 aliphatic rings. The lowest BCUT2D eigenvalue weighted by atomic mass is 10.2. The van der Waals surface area contributed by atoms with E-state index in [1.165, 1.54) is 13.2 Å². The Hall–Kier alpha value is -2.00. The van der Waals surface area contributed by atoms with E-state index in [0.717, 1.165) is 12.8 Å². The van der Waals surface area contributed by atoms with Gasteiger partial charge >= 0.3 is 0 Å². The summed E-state index contributed by atoms with van der Waals surface area (Å²) in [5.74, 6) is -9.64. The molecule has 9 heteroatoms. The number of ether oxygens (including phenoxy) is 1. The van der Waals surface area contributed by atoms with Crippen molar-refractivity contribution >= 4 is 11.9 Å². The smallest absolute Gasteiger partial charge is 0.200 e. The maximum atomic E-state index is 13.9. The summed E-state index contributed by atoms with van der Waals surface area (Å²) in [5, 5.41) is 9.62. The molecule has 0 spiro atoms. The van der Waals surface area contributed by atoms with Crippen molar-refractivity contribution in [1.29, 1.82) is 0 Å². The van der Waals surface area contributed by atoms with E-state index in [1.54, 1.807) is 16.4 Å². The third-order valence-corrected chi connectivity index (χ3v) is 5.12. The molecule has 0 amide bonds. The highest BCUT2D eigenvalue weighted by atomic mass is 32.2. The molecule has 154 valence electrons. The first-order chi connectivity index (χ1) is 13.3. The molecule has 1 aliphatic carbocycles. The zero-order chi connectivity index (χ0) is 21.0. The zero-order valence-corrected chi connectivity index (χ0v) is 16.3. The largest absolute Gasteiger partial charge is 0.504 e. The Labute approximate surface area is 164 Å². The van der Waals surface area contributed by atoms with Crippen molar-refractivity contribution in [2.75, 3.05) is 7.11 Å². The molecule has 1 N–H and O–H groups in total. The quantitative estimate of drug-likeness (QED) is 0.277. The Kier molecular flexibility index (Phi) is 7.54. The summed E-state index contributed by atoms with van der Waals surface area (Å²) in [6, 6.07) is 4.49. The normalized spacial score (nSPS) is 13.3. The van der Waals surface area contributed by atoms with Crippen molar-refractivity contribution in [1.82, 2.24) is 4.31 Å². The van der Waals surface area contributed by atoms with Crippen LogP contribution in [0.15, 0.2) is 23.1 Å². The number of phenols is 1. The number of methoxy groups -OCH3 is 1. The first-order valence-corrected chi connectivity index (χ1v) is 9.42. The van der Waals surface area contributed by atoms with Gasteiger partial charge < -0.3 is 9.84 Å². The summed E-state index contributed by atoms with van der Waals surface area (Å²) in [4.78, 5) is -0.931. The van der Waals surface area contributed by atoms with Crippen LogP contribution in [-0.2, 0) is 6.54 Å². The summed E-state index contributed by atoms with van der Waals surface area (Å²) >= 11 is 0.495. The maximum Gasteiger partial charge on any atom is 0.200 e. The summed E-state index contributed by atoms with van der Waals surface area (Å²) < 4.78 is 74.4. The van der Waals surface area contributed by atoms with Crippen molar-refractivity contribution in [3.63, 3.8) is 0 Å². The van der Waals surface area contributed by atoms with Gasteiger partial charge in [0, 0.05) is 12.6 Å². The van der Waals surface area contributed by atoms with E-state index in [1.807, 2.05) is 13.8 Å². The molecule has 2 aromatic rings. The molecule has 2 aromatic carbocycles. The molecule has 1 fully saturated rings. The number of halogens is 5. The second-order valence-electron chi connectivity index (χ2n) is 5.80. The lowest BCUT2D eigenvalue weighted by Crippen LogP contribution is -2.19. The number of nitrogens with zero attached hydrogens (tertiary/aromatic N) is 1. The lowest BCUT2D eigenvalue weighted by Gasteiger charge is -2.22. The van der Waals surface area contributed by atoms with Crippen LogP contribution in [0.3, 0.4) is 0 Å². The van der Waals surface area contributed by atoms with Crippen LogP contribution in [0.4, 0.5) is 22.0 Å². The molecular formula is C19H20F5NO2S. The van der Waals surface area contributed by atoms with Gasteiger partial charge in [0.1, 0.15) is 4.90 Å². The van der Waals surface area contributed by atoms with Gasteiger partial charge in [-0.2, -0.15) is 0 Å². The minimum Gasteiger partial charge on any atom is -0.504 e. The van der Waals surface area contributed by atoms with Crippen LogP contribution in [0.2, 0.25) is 0 Å². The van der Waals surface area contributed by atoms with Crippen LogP contribution in [0, 0.1) is 29.1 Å². The average Bonchev–Trinajstić information content (AvgIpc) is 3.55. The molecule has 0 saturated heterocycles. The fourth-order valence-electron chi connectivity index (χ4n) is 2.38. The molecule has 0 unspecified atom stereocenters. The van der Waals surface area contributed by atoms with E-state index in [2.05, 4.69) is 0 Å². The number of phenolic OH excluding ortho intramolecular Hbond substituents is 1. The molecule has 0 atom stereocenters. The van der Waals surface area contributed by atoms with Gasteiger partial charge in [-0.1, -0.05) is 19.9 Å². The van der Waals surface area contributed by atoms with E-state index >= 15 is 0 Å². The van der Waals surface area contributed by atoms with Crippen LogP contribution >= 0.6 is 11.9 Å². The Bertz CT molecular complexity index is 817. The molecule has 0 radical (unpaired) electrons. The highest BCUT2D eigenvalue weighted by Crippen LogP contribution is 2.41. The summed E-state index contributed by atoms with van der Waals surface area (Å²) in [5.41, 5.74) is 0.655. The standard InChI is InChI=1S/C17H14F5NO2S.C2H6/c1-25-11-6-8(2-5-10(11)24)7-23(9-3-4-9)26-17-15(21)13(19)12(18)14(20)16(17)22;1-2/h2,5-6,9,24H,3-4,7H2,1H3;1-2H3. The van der Waals surface area contributed by atoms with Gasteiger partial charge in [0.15, 0.2) is 34.8 Å². The summed E-state index contributed by atoms with van der Waals surface area (Å²) in [6.07, 6.45) is 1.50. The fraction of sp³-hybridized carbons (Fsp3) is 0.368. The number of benzene rings is 2. The Morgan fingerprint density at radius 2 is 1.54 bits per heavy atom. The lowest BCUT2D eigenvalue weighted by molar-refractivity contribution is 0.357. The number of hydrogen-bond donors (Lipinski definition) is 1. The van der Waals surface area contributed by atoms with E-state index in [0.29, 0.717) is 17.5 Å². The predicted octanol–water partition coefficient (Wildman–Crippen LogP) is 5.79. The topological polar surface area (TPSA) is 32.7 Å². The number of hydrogen-bond acceptors (Lipinski definition) is 4. The molecule has 3 nitrogen and oxygen atoms in total. The van der Waals surface area contributed by atoms with Crippen LogP contribution < -0.4 is 4.74 Å². The Morgan fingerprint density at radius 3 is 2.04 bits per heavy atom. The molecule has 28 heavy (non-hydrogen) atoms. The SMILES string of the molecule is CC.COc1cc(CN(Sc2c(F)c(F)c(F)c(F)c2F)C2CC2)ccc1O. The number of rotatable bonds is 6. The van der Waals surface area contributed by atoms with Gasteiger partial charge in [-0.25, -0.2) is 26.3 Å². The van der Waals surface area contributed by atoms with Crippen LogP contribution in [0.25, 0.3) is 0 Å². The maximum absolute atomic E-state index is 13.9. The van der Waals surface area contributed by atoms with Crippen molar-refractivity contribution in [3.8, 4) is 11.5 Å². The number of aromatic hydroxyl groups is 1. The van der Waals surface area contributed by atoms with Gasteiger partial charge in [-0.05, 0) is 42.5 Å². The van der Waals surface area contributed by atoms with Gasteiger partial charge in [-0.3, -0.25) is 0 Å². The van der Waals surface area contributed by atoms with Gasteiger partial charge in [0.05, 0.1) is 7.11 Å². The van der Waals surface area contributed by atoms with E-state index in [-0.39, 0.29) is 24.1 Å². The van der Waals surface area contributed by atoms with Crippen molar-refractivity contribution in [2.24, 2.45) is 0 Å². The average molecular weight is 421 g/mol. The van der Waals surface area contributed by atoms with E-state index < -0.39 is 34.0 Å². The van der Waals surface area contributed by atoms with Crippen molar-refractivity contribution in [3.05, 3.63) is 52.8 Å². The molecule has 0 aromatic heterocycles. The van der Waals surface area contributed by atoms with Gasteiger partial charge in [-0.15, -0.1) is 0 Å². The second-order valence-corrected chi connectivity index (χ2v) is 6.86. The molecule has 1 saturated carbocycles. The van der Waals surface area contributed by atoms with Gasteiger partial charge in [0.2, 0.25) is 5.82 Å². The summed E-state index contributed by atoms with van der Waals surface area (Å²) in [7, 11) is 1.38. The molecule has 0 heterocycles. The summed E-state index contributed by atoms with van der Waals surface area (Å²) in [6.45, 7) is 4.17. The fourth-order valence-corrected chi connectivity index (χ4v) is 3.53. The zero-order valence-electron chi connectivity index (χ0n) is 15.5. The Balaban J connectivity index is 0.00000136. The third kappa shape index (κ3) is 4.70. The molecule has 0 aliphatic heterocycles. The van der Waals surface area contributed by atoms with Crippen molar-refractivity contribution < 1.29 is 31.8 Å². The molecular weight excluding hydrogens is 401 g/mol. The highest BCUT2D eigenvalue weighted by molar-refractivity contribution is 7.97. The van der Waals surface area contributed by atoms with E-state index in [9.17, 15) is 27.1 Å². The predicted molar refractivity (Wildman–Crippen MR) is 96.7 cm³/mol. The minimum atomic E-state index is -2.18. The molecule has 3 rings (SSSR count). The van der Waals surface area contributed by atoms with Crippen LogP contribution in [0.5, 0.6) is 11.5 Å². The van der Waals surface area contributed by atoms with E-state index in [4.69, 9.17) is 4.74 Å². The first-order valence-electron chi connectivity index (χ1n) is 8.65. The minimum absolute atomic E-state index is 0.0465. The monoisotopic (exact) mass is 421 g/mol. The van der Waals surface area contributed by atoms with Crippen LogP contribution in [-0.4, -0.2) is 22.6 Å². The van der Waals surface area contributed by atoms with Crippen LogP contribution in [0.1, 0.15) is 32.3 Å². The van der Waals surface area contributed by atoms with Crippen molar-refractivity contribution in [2.45, 2.75) is 44.2 Å². The highest BCUT2D eigenvalue weighted by Gasteiger charge is 2.34. The molecule has 0 bridgehead atoms.